The fourth-order valence-electron chi connectivity index (χ4n) is 3.58. The van der Waals surface area contributed by atoms with Gasteiger partial charge in [0.1, 0.15) is 0 Å². The average Bonchev–Trinajstić information content (AvgIpc) is 2.63. The lowest BCUT2D eigenvalue weighted by atomic mass is 10.0. The molecule has 0 unspecified atom stereocenters. The van der Waals surface area contributed by atoms with E-state index < -0.39 is 0 Å². The average molecular weight is 349 g/mol. The fourth-order valence-corrected chi connectivity index (χ4v) is 3.58. The minimum Gasteiger partial charge on any atom is -0.103 e. The summed E-state index contributed by atoms with van der Waals surface area (Å²) in [6, 6.07) is 0. The molecule has 0 fully saturated rings. The summed E-state index contributed by atoms with van der Waals surface area (Å²) in [7, 11) is 0. The zero-order valence-corrected chi connectivity index (χ0v) is 17.4. The van der Waals surface area contributed by atoms with Crippen LogP contribution in [-0.4, -0.2) is 0 Å². The summed E-state index contributed by atoms with van der Waals surface area (Å²) in [5.41, 5.74) is 0. The van der Waals surface area contributed by atoms with Crippen molar-refractivity contribution >= 4 is 0 Å². The zero-order valence-electron chi connectivity index (χ0n) is 17.4. The highest BCUT2D eigenvalue weighted by atomic mass is 14.0. The van der Waals surface area contributed by atoms with Crippen molar-refractivity contribution in [2.75, 3.05) is 0 Å². The lowest BCUT2D eigenvalue weighted by Crippen LogP contribution is -1.84. The monoisotopic (exact) mass is 348 g/mol. The zero-order chi connectivity index (χ0) is 18.3. The SMILES string of the molecule is C=CCCCCCCCCCCCCCCCCCCCCCC=C. The van der Waals surface area contributed by atoms with Gasteiger partial charge in [0.25, 0.3) is 0 Å². The quantitative estimate of drug-likeness (QED) is 0.135. The van der Waals surface area contributed by atoms with Crippen LogP contribution in [0.4, 0.5) is 0 Å². The van der Waals surface area contributed by atoms with Crippen LogP contribution in [0.15, 0.2) is 25.3 Å². The molecule has 0 radical (unpaired) electrons. The van der Waals surface area contributed by atoms with Gasteiger partial charge in [0.05, 0.1) is 0 Å². The molecule has 0 heterocycles. The molecule has 0 atom stereocenters. The smallest absolute Gasteiger partial charge is 0.0353 e. The molecule has 0 heteroatoms. The van der Waals surface area contributed by atoms with E-state index in [-0.39, 0.29) is 0 Å². The molecule has 0 aliphatic carbocycles. The first kappa shape index (κ1) is 24.5. The van der Waals surface area contributed by atoms with Crippen LogP contribution in [0, 0.1) is 0 Å². The first-order valence-electron chi connectivity index (χ1n) is 11.6. The molecule has 0 saturated carbocycles. The normalized spacial score (nSPS) is 10.9. The van der Waals surface area contributed by atoms with Crippen molar-refractivity contribution in [3.63, 3.8) is 0 Å². The first-order valence-corrected chi connectivity index (χ1v) is 11.6. The Bertz CT molecular complexity index is 227. The van der Waals surface area contributed by atoms with E-state index in [2.05, 4.69) is 13.2 Å². The van der Waals surface area contributed by atoms with Gasteiger partial charge in [-0.1, -0.05) is 121 Å². The number of hydrogen-bond donors (Lipinski definition) is 0. The summed E-state index contributed by atoms with van der Waals surface area (Å²) in [6.07, 6.45) is 33.9. The third kappa shape index (κ3) is 23.5. The molecular formula is C25H48. The molecule has 0 N–H and O–H groups in total. The number of rotatable bonds is 22. The lowest BCUT2D eigenvalue weighted by Gasteiger charge is -2.04. The number of unbranched alkanes of at least 4 members (excludes halogenated alkanes) is 20. The van der Waals surface area contributed by atoms with Gasteiger partial charge in [-0.25, -0.2) is 0 Å². The van der Waals surface area contributed by atoms with Gasteiger partial charge in [-0.2, -0.15) is 0 Å². The Morgan fingerprint density at radius 1 is 0.280 bits per heavy atom. The maximum atomic E-state index is 3.78. The molecule has 0 aliphatic rings. The van der Waals surface area contributed by atoms with E-state index in [0.717, 1.165) is 0 Å². The molecular weight excluding hydrogens is 300 g/mol. The minimum atomic E-state index is 1.20. The third-order valence-corrected chi connectivity index (χ3v) is 5.32. The second kappa shape index (κ2) is 23.5. The molecule has 0 aromatic heterocycles. The van der Waals surface area contributed by atoms with E-state index in [1.54, 1.807) is 0 Å². The van der Waals surface area contributed by atoms with Crippen LogP contribution in [0.25, 0.3) is 0 Å². The molecule has 0 nitrogen and oxygen atoms in total. The Balaban J connectivity index is 2.96. The second-order valence-corrected chi connectivity index (χ2v) is 7.87. The van der Waals surface area contributed by atoms with E-state index in [1.807, 2.05) is 12.2 Å². The molecule has 0 spiro atoms. The lowest BCUT2D eigenvalue weighted by molar-refractivity contribution is 0.522. The van der Waals surface area contributed by atoms with Gasteiger partial charge >= 0.3 is 0 Å². The van der Waals surface area contributed by atoms with E-state index in [9.17, 15) is 0 Å². The van der Waals surface area contributed by atoms with Crippen molar-refractivity contribution in [3.05, 3.63) is 25.3 Å². The summed E-state index contributed by atoms with van der Waals surface area (Å²) in [4.78, 5) is 0. The first-order chi connectivity index (χ1) is 12.4. The predicted octanol–water partition coefficient (Wildman–Crippen LogP) is 9.55. The van der Waals surface area contributed by atoms with Crippen LogP contribution in [0.2, 0.25) is 0 Å². The number of hydrogen-bond acceptors (Lipinski definition) is 0. The number of allylic oxidation sites excluding steroid dienone is 2. The molecule has 0 bridgehead atoms. The van der Waals surface area contributed by atoms with Crippen molar-refractivity contribution in [3.8, 4) is 0 Å². The van der Waals surface area contributed by atoms with Gasteiger partial charge in [0.2, 0.25) is 0 Å². The topological polar surface area (TPSA) is 0 Å². The van der Waals surface area contributed by atoms with E-state index >= 15 is 0 Å². The van der Waals surface area contributed by atoms with E-state index in [1.165, 1.54) is 135 Å². The van der Waals surface area contributed by atoms with Crippen LogP contribution >= 0.6 is 0 Å². The Morgan fingerprint density at radius 3 is 0.600 bits per heavy atom. The maximum Gasteiger partial charge on any atom is -0.0353 e. The van der Waals surface area contributed by atoms with E-state index in [4.69, 9.17) is 0 Å². The van der Waals surface area contributed by atoms with Gasteiger partial charge in [-0.05, 0) is 25.7 Å². The predicted molar refractivity (Wildman–Crippen MR) is 117 cm³/mol. The summed E-state index contributed by atoms with van der Waals surface area (Å²) >= 11 is 0. The Hall–Kier alpha value is -0.520. The van der Waals surface area contributed by atoms with Crippen LogP contribution < -0.4 is 0 Å². The van der Waals surface area contributed by atoms with Crippen molar-refractivity contribution in [1.29, 1.82) is 0 Å². The van der Waals surface area contributed by atoms with Gasteiger partial charge in [0.15, 0.2) is 0 Å². The largest absolute Gasteiger partial charge is 0.103 e. The molecule has 0 amide bonds. The van der Waals surface area contributed by atoms with Crippen LogP contribution in [0.1, 0.15) is 135 Å². The molecule has 0 saturated heterocycles. The Kier molecular flexibility index (Phi) is 23.0. The Labute approximate surface area is 160 Å². The Morgan fingerprint density at radius 2 is 0.440 bits per heavy atom. The third-order valence-electron chi connectivity index (χ3n) is 5.32. The summed E-state index contributed by atoms with van der Waals surface area (Å²) in [5.74, 6) is 0. The molecule has 0 aromatic rings. The summed E-state index contributed by atoms with van der Waals surface area (Å²) in [6.45, 7) is 7.56. The van der Waals surface area contributed by atoms with Crippen molar-refractivity contribution in [2.45, 2.75) is 135 Å². The molecule has 0 aromatic carbocycles. The van der Waals surface area contributed by atoms with Gasteiger partial charge < -0.3 is 0 Å². The molecule has 25 heavy (non-hydrogen) atoms. The highest BCUT2D eigenvalue weighted by Gasteiger charge is 1.95. The van der Waals surface area contributed by atoms with Gasteiger partial charge in [0, 0.05) is 0 Å². The van der Waals surface area contributed by atoms with Gasteiger partial charge in [-0.3, -0.25) is 0 Å². The molecule has 148 valence electrons. The second-order valence-electron chi connectivity index (χ2n) is 7.87. The minimum absolute atomic E-state index is 1.20. The van der Waals surface area contributed by atoms with Crippen LogP contribution in [0.5, 0.6) is 0 Å². The highest BCUT2D eigenvalue weighted by Crippen LogP contribution is 2.15. The van der Waals surface area contributed by atoms with Gasteiger partial charge in [-0.15, -0.1) is 13.2 Å². The van der Waals surface area contributed by atoms with Crippen molar-refractivity contribution < 1.29 is 0 Å². The molecule has 0 aliphatic heterocycles. The highest BCUT2D eigenvalue weighted by molar-refractivity contribution is 4.65. The summed E-state index contributed by atoms with van der Waals surface area (Å²) in [5, 5.41) is 0. The molecule has 0 rings (SSSR count). The van der Waals surface area contributed by atoms with Crippen LogP contribution in [0.3, 0.4) is 0 Å². The van der Waals surface area contributed by atoms with Crippen molar-refractivity contribution in [1.82, 2.24) is 0 Å². The van der Waals surface area contributed by atoms with Crippen LogP contribution in [-0.2, 0) is 0 Å². The van der Waals surface area contributed by atoms with E-state index in [0.29, 0.717) is 0 Å². The fraction of sp³-hybridized carbons (Fsp3) is 0.840. The maximum absolute atomic E-state index is 3.78. The summed E-state index contributed by atoms with van der Waals surface area (Å²) < 4.78 is 0. The standard InChI is InChI=1S/C25H48/c1-3-5-7-9-11-13-15-17-19-21-23-25-24-22-20-18-16-14-12-10-8-6-4-2/h3-4H,1-2,5-25H2. The van der Waals surface area contributed by atoms with Crippen molar-refractivity contribution in [2.24, 2.45) is 0 Å².